The molecule has 0 aliphatic carbocycles. The molecule has 0 radical (unpaired) electrons. The van der Waals surface area contributed by atoms with Crippen LogP contribution < -0.4 is 0 Å². The number of hydrogen-bond donors (Lipinski definition) is 0. The maximum atomic E-state index is 11.3. The molecule has 0 amide bonds. The summed E-state index contributed by atoms with van der Waals surface area (Å²) in [6.45, 7) is 1.91. The van der Waals surface area contributed by atoms with E-state index in [9.17, 15) is 4.79 Å². The van der Waals surface area contributed by atoms with Crippen LogP contribution in [0.1, 0.15) is 15.9 Å². The molecule has 0 heterocycles. The van der Waals surface area contributed by atoms with Gasteiger partial charge >= 0.3 is 5.97 Å². The molecule has 0 saturated heterocycles. The van der Waals surface area contributed by atoms with Crippen LogP contribution in [0.15, 0.2) is 22.7 Å². The van der Waals surface area contributed by atoms with Crippen molar-refractivity contribution in [1.29, 1.82) is 0 Å². The zero-order chi connectivity index (χ0) is 10.6. The van der Waals surface area contributed by atoms with Crippen molar-refractivity contribution in [3.8, 4) is 12.3 Å². The minimum absolute atomic E-state index is 0.00788. The molecule has 0 aliphatic heterocycles. The summed E-state index contributed by atoms with van der Waals surface area (Å²) in [6.07, 6.45) is 4.97. The average Bonchev–Trinajstić information content (AvgIpc) is 2.18. The van der Waals surface area contributed by atoms with Crippen LogP contribution in [0.3, 0.4) is 0 Å². The van der Waals surface area contributed by atoms with Crippen molar-refractivity contribution >= 4 is 21.9 Å². The van der Waals surface area contributed by atoms with E-state index < -0.39 is 5.97 Å². The number of ether oxygens (including phenoxy) is 1. The number of carbonyl (C=O) groups is 1. The van der Waals surface area contributed by atoms with Gasteiger partial charge in [0.25, 0.3) is 0 Å². The summed E-state index contributed by atoms with van der Waals surface area (Å²) in [5.41, 5.74) is 1.50. The van der Waals surface area contributed by atoms with E-state index in [1.54, 1.807) is 12.1 Å². The Morgan fingerprint density at radius 3 is 2.93 bits per heavy atom. The van der Waals surface area contributed by atoms with Gasteiger partial charge in [-0.15, -0.1) is 6.42 Å². The van der Waals surface area contributed by atoms with Crippen molar-refractivity contribution in [1.82, 2.24) is 0 Å². The van der Waals surface area contributed by atoms with Crippen LogP contribution in [0.4, 0.5) is 0 Å². The van der Waals surface area contributed by atoms with E-state index >= 15 is 0 Å². The number of carbonyl (C=O) groups excluding carboxylic acids is 1. The molecule has 1 aromatic rings. The van der Waals surface area contributed by atoms with Crippen LogP contribution in [-0.4, -0.2) is 12.6 Å². The van der Waals surface area contributed by atoms with E-state index in [0.29, 0.717) is 5.56 Å². The summed E-state index contributed by atoms with van der Waals surface area (Å²) in [4.78, 5) is 11.3. The highest BCUT2D eigenvalue weighted by Crippen LogP contribution is 2.17. The molecule has 0 atom stereocenters. The molecule has 1 aromatic carbocycles. The number of esters is 1. The quantitative estimate of drug-likeness (QED) is 0.598. The topological polar surface area (TPSA) is 26.3 Å². The highest BCUT2D eigenvalue weighted by Gasteiger charge is 2.07. The predicted octanol–water partition coefficient (Wildman–Crippen LogP) is 2.55. The van der Waals surface area contributed by atoms with E-state index in [1.165, 1.54) is 0 Å². The van der Waals surface area contributed by atoms with E-state index in [4.69, 9.17) is 11.2 Å². The Kier molecular flexibility index (Phi) is 3.73. The standard InChI is InChI=1S/C11H9BrO2/c1-3-6-14-11(13)9-4-5-10(12)8(2)7-9/h1,4-5,7H,6H2,2H3. The molecule has 0 bridgehead atoms. The number of halogens is 1. The zero-order valence-electron chi connectivity index (χ0n) is 7.71. The fourth-order valence-corrected chi connectivity index (χ4v) is 1.21. The Bertz CT molecular complexity index is 391. The molecule has 0 aromatic heterocycles. The van der Waals surface area contributed by atoms with E-state index in [1.807, 2.05) is 13.0 Å². The summed E-state index contributed by atoms with van der Waals surface area (Å²) in [6, 6.07) is 5.25. The normalized spacial score (nSPS) is 9.21. The SMILES string of the molecule is C#CCOC(=O)c1ccc(Br)c(C)c1. The molecule has 0 fully saturated rings. The fourth-order valence-electron chi connectivity index (χ4n) is 0.962. The largest absolute Gasteiger partial charge is 0.449 e. The van der Waals surface area contributed by atoms with Gasteiger partial charge < -0.3 is 4.74 Å². The highest BCUT2D eigenvalue weighted by atomic mass is 79.9. The van der Waals surface area contributed by atoms with Crippen LogP contribution in [0, 0.1) is 19.3 Å². The van der Waals surface area contributed by atoms with Gasteiger partial charge in [-0.1, -0.05) is 21.9 Å². The number of hydrogen-bond acceptors (Lipinski definition) is 2. The second kappa shape index (κ2) is 4.83. The Morgan fingerprint density at radius 2 is 2.36 bits per heavy atom. The van der Waals surface area contributed by atoms with Crippen molar-refractivity contribution in [2.24, 2.45) is 0 Å². The van der Waals surface area contributed by atoms with Crippen molar-refractivity contribution in [3.05, 3.63) is 33.8 Å². The second-order valence-corrected chi connectivity index (χ2v) is 3.60. The first kappa shape index (κ1) is 10.8. The lowest BCUT2D eigenvalue weighted by molar-refractivity contribution is 0.0556. The number of aryl methyl sites for hydroxylation is 1. The van der Waals surface area contributed by atoms with Gasteiger partial charge in [-0.2, -0.15) is 0 Å². The molecule has 3 heteroatoms. The van der Waals surface area contributed by atoms with Gasteiger partial charge in [-0.05, 0) is 30.7 Å². The smallest absolute Gasteiger partial charge is 0.339 e. The van der Waals surface area contributed by atoms with Crippen LogP contribution >= 0.6 is 15.9 Å². The monoisotopic (exact) mass is 252 g/mol. The van der Waals surface area contributed by atoms with Crippen LogP contribution in [0.5, 0.6) is 0 Å². The van der Waals surface area contributed by atoms with Crippen molar-refractivity contribution < 1.29 is 9.53 Å². The molecular formula is C11H9BrO2. The summed E-state index contributed by atoms with van der Waals surface area (Å²) in [5, 5.41) is 0. The Balaban J connectivity index is 2.82. The minimum atomic E-state index is -0.390. The van der Waals surface area contributed by atoms with E-state index in [-0.39, 0.29) is 6.61 Å². The highest BCUT2D eigenvalue weighted by molar-refractivity contribution is 9.10. The summed E-state index contributed by atoms with van der Waals surface area (Å²) in [7, 11) is 0. The minimum Gasteiger partial charge on any atom is -0.449 e. The Morgan fingerprint density at radius 1 is 1.64 bits per heavy atom. The van der Waals surface area contributed by atoms with Gasteiger partial charge in [-0.3, -0.25) is 0 Å². The molecule has 0 saturated carbocycles. The summed E-state index contributed by atoms with van der Waals surface area (Å²) in [5.74, 6) is 1.85. The van der Waals surface area contributed by atoms with Gasteiger partial charge in [0.15, 0.2) is 6.61 Å². The molecule has 0 N–H and O–H groups in total. The van der Waals surface area contributed by atoms with Gasteiger partial charge in [0.2, 0.25) is 0 Å². The first-order valence-electron chi connectivity index (χ1n) is 4.02. The number of rotatable bonds is 2. The molecular weight excluding hydrogens is 244 g/mol. The van der Waals surface area contributed by atoms with Crippen LogP contribution in [0.25, 0.3) is 0 Å². The van der Waals surface area contributed by atoms with Gasteiger partial charge in [0.05, 0.1) is 5.56 Å². The average molecular weight is 253 g/mol. The first-order valence-corrected chi connectivity index (χ1v) is 4.81. The van der Waals surface area contributed by atoms with Crippen molar-refractivity contribution in [2.75, 3.05) is 6.61 Å². The zero-order valence-corrected chi connectivity index (χ0v) is 9.30. The summed E-state index contributed by atoms with van der Waals surface area (Å²) < 4.78 is 5.75. The number of benzene rings is 1. The Hall–Kier alpha value is -1.27. The molecule has 72 valence electrons. The van der Waals surface area contributed by atoms with Crippen LogP contribution in [0.2, 0.25) is 0 Å². The molecule has 14 heavy (non-hydrogen) atoms. The van der Waals surface area contributed by atoms with Crippen molar-refractivity contribution in [3.63, 3.8) is 0 Å². The molecule has 2 nitrogen and oxygen atoms in total. The molecule has 0 unspecified atom stereocenters. The molecule has 1 rings (SSSR count). The van der Waals surface area contributed by atoms with E-state index in [0.717, 1.165) is 10.0 Å². The molecule has 0 spiro atoms. The second-order valence-electron chi connectivity index (χ2n) is 2.74. The molecule has 0 aliphatic rings. The maximum absolute atomic E-state index is 11.3. The fraction of sp³-hybridized carbons (Fsp3) is 0.182. The predicted molar refractivity (Wildman–Crippen MR) is 58.0 cm³/mol. The lowest BCUT2D eigenvalue weighted by Gasteiger charge is -2.03. The van der Waals surface area contributed by atoms with Gasteiger partial charge in [-0.25, -0.2) is 4.79 Å². The lowest BCUT2D eigenvalue weighted by atomic mass is 10.1. The third-order valence-corrected chi connectivity index (χ3v) is 2.57. The van der Waals surface area contributed by atoms with Crippen LogP contribution in [-0.2, 0) is 4.74 Å². The first-order chi connectivity index (χ1) is 6.65. The maximum Gasteiger partial charge on any atom is 0.339 e. The van der Waals surface area contributed by atoms with E-state index in [2.05, 4.69) is 21.9 Å². The Labute approximate surface area is 91.4 Å². The van der Waals surface area contributed by atoms with Gasteiger partial charge in [0, 0.05) is 4.47 Å². The third kappa shape index (κ3) is 2.61. The van der Waals surface area contributed by atoms with Crippen molar-refractivity contribution in [2.45, 2.75) is 6.92 Å². The van der Waals surface area contributed by atoms with Gasteiger partial charge in [0.1, 0.15) is 0 Å². The third-order valence-electron chi connectivity index (χ3n) is 1.68. The number of terminal acetylenes is 1. The summed E-state index contributed by atoms with van der Waals surface area (Å²) >= 11 is 3.35. The lowest BCUT2D eigenvalue weighted by Crippen LogP contribution is -2.05.